The Morgan fingerprint density at radius 1 is 1.02 bits per heavy atom. The lowest BCUT2D eigenvalue weighted by Gasteiger charge is -2.66. The fraction of sp³-hybridized carbons (Fsp3) is 0.429. The van der Waals surface area contributed by atoms with Crippen molar-refractivity contribution in [1.29, 1.82) is 5.26 Å². The summed E-state index contributed by atoms with van der Waals surface area (Å²) in [5.74, 6) is 0.336. The molecular formula is C42H44ClN9O6. The minimum Gasteiger partial charge on any atom is -0.489 e. The number of likely N-dealkylation sites (tertiary alicyclic amines) is 2. The number of hydrogen-bond donors (Lipinski definition) is 1. The highest BCUT2D eigenvalue weighted by Crippen LogP contribution is 2.58. The number of halogens is 1. The lowest BCUT2D eigenvalue weighted by molar-refractivity contribution is -0.216. The molecule has 58 heavy (non-hydrogen) atoms. The minimum absolute atomic E-state index is 0.0111. The van der Waals surface area contributed by atoms with Gasteiger partial charge in [0, 0.05) is 54.7 Å². The van der Waals surface area contributed by atoms with Crippen molar-refractivity contribution in [1.82, 2.24) is 34.7 Å². The van der Waals surface area contributed by atoms with Gasteiger partial charge in [-0.3, -0.25) is 29.0 Å². The van der Waals surface area contributed by atoms with E-state index in [0.717, 1.165) is 43.7 Å². The van der Waals surface area contributed by atoms with Crippen molar-refractivity contribution in [2.75, 3.05) is 19.6 Å². The summed E-state index contributed by atoms with van der Waals surface area (Å²) in [6, 6.07) is 14.4. The maximum atomic E-state index is 14.3. The maximum absolute atomic E-state index is 14.3. The Kier molecular flexibility index (Phi) is 9.97. The Labute approximate surface area is 340 Å². The van der Waals surface area contributed by atoms with Gasteiger partial charge in [-0.1, -0.05) is 44.5 Å². The first-order valence-electron chi connectivity index (χ1n) is 19.4. The first-order chi connectivity index (χ1) is 27.6. The van der Waals surface area contributed by atoms with Crippen molar-refractivity contribution in [3.63, 3.8) is 0 Å². The highest BCUT2D eigenvalue weighted by atomic mass is 35.5. The van der Waals surface area contributed by atoms with E-state index < -0.39 is 28.8 Å². The van der Waals surface area contributed by atoms with Crippen LogP contribution >= 0.6 is 11.6 Å². The van der Waals surface area contributed by atoms with Crippen LogP contribution in [0.15, 0.2) is 60.9 Å². The molecule has 2 saturated heterocycles. The largest absolute Gasteiger partial charge is 0.489 e. The van der Waals surface area contributed by atoms with Gasteiger partial charge in [0.1, 0.15) is 35.8 Å². The van der Waals surface area contributed by atoms with E-state index in [2.05, 4.69) is 20.2 Å². The van der Waals surface area contributed by atoms with Crippen molar-refractivity contribution in [3.8, 4) is 23.4 Å². The molecule has 2 N–H and O–H groups in total. The summed E-state index contributed by atoms with van der Waals surface area (Å²) < 4.78 is 14.3. The fourth-order valence-corrected chi connectivity index (χ4v) is 9.73. The number of piperidine rings is 1. The van der Waals surface area contributed by atoms with E-state index >= 15 is 0 Å². The molecule has 2 aromatic heterocycles. The normalized spacial score (nSPS) is 22.6. The van der Waals surface area contributed by atoms with Crippen molar-refractivity contribution in [3.05, 3.63) is 93.9 Å². The number of carbonyl (C=O) groups excluding carboxylic acids is 4. The number of aromatic nitrogens is 4. The van der Waals surface area contributed by atoms with Crippen LogP contribution in [-0.4, -0.2) is 102 Å². The summed E-state index contributed by atoms with van der Waals surface area (Å²) in [6.07, 6.45) is 4.91. The van der Waals surface area contributed by atoms with Crippen LogP contribution in [0.4, 0.5) is 0 Å². The first-order valence-corrected chi connectivity index (χ1v) is 19.8. The van der Waals surface area contributed by atoms with Crippen molar-refractivity contribution in [2.45, 2.75) is 84.2 Å². The molecule has 300 valence electrons. The van der Waals surface area contributed by atoms with Crippen LogP contribution in [0.3, 0.4) is 0 Å². The quantitative estimate of drug-likeness (QED) is 0.201. The number of primary amides is 1. The van der Waals surface area contributed by atoms with E-state index in [-0.39, 0.29) is 54.3 Å². The molecule has 1 unspecified atom stereocenters. The molecule has 0 radical (unpaired) electrons. The van der Waals surface area contributed by atoms with E-state index in [1.807, 2.05) is 52.1 Å². The summed E-state index contributed by atoms with van der Waals surface area (Å²) in [5, 5.41) is 18.0. The number of pyridine rings is 1. The molecule has 4 amide bonds. The summed E-state index contributed by atoms with van der Waals surface area (Å²) in [7, 11) is 0. The molecule has 8 rings (SSSR count). The molecule has 3 aliphatic heterocycles. The predicted octanol–water partition coefficient (Wildman–Crippen LogP) is 4.34. The molecule has 15 nitrogen and oxygen atoms in total. The summed E-state index contributed by atoms with van der Waals surface area (Å²) in [5.41, 5.74) is 6.89. The molecular weight excluding hydrogens is 762 g/mol. The average molecular weight is 806 g/mol. The van der Waals surface area contributed by atoms with Gasteiger partial charge in [0.15, 0.2) is 5.82 Å². The van der Waals surface area contributed by atoms with E-state index in [0.29, 0.717) is 34.0 Å². The zero-order valence-electron chi connectivity index (χ0n) is 32.7. The number of rotatable bonds is 12. The zero-order chi connectivity index (χ0) is 41.1. The molecule has 16 heteroatoms. The van der Waals surface area contributed by atoms with Gasteiger partial charge in [0.2, 0.25) is 11.8 Å². The molecule has 1 atom stereocenters. The Morgan fingerprint density at radius 2 is 1.76 bits per heavy atom. The lowest BCUT2D eigenvalue weighted by atomic mass is 9.48. The molecule has 2 aromatic carbocycles. The molecule has 3 fully saturated rings. The van der Waals surface area contributed by atoms with E-state index in [9.17, 15) is 24.4 Å². The van der Waals surface area contributed by atoms with Gasteiger partial charge in [0.25, 0.3) is 11.8 Å². The van der Waals surface area contributed by atoms with E-state index in [4.69, 9.17) is 26.8 Å². The Hall–Kier alpha value is -5.85. The first kappa shape index (κ1) is 39.0. The standard InChI is InChI=1S/C42H44ClN9O6/c1-41(2)39(42(3,4)40(41)58-29-9-7-24(18-44)32(43)17-29)52-35(53)14-12-33(38(52)56)50-20-26-16-28(10-11-31(26)37(50)55)57-30-22-49(23-30)15-5-6-27-21-51(48-47-27)34-13-8-25(19-46-34)36(45)54/h7-11,13,16-17,19,21,30,33,39-40H,5-6,12,14-15,20,22-23H2,1-4H3,(H2,45,54). The predicted molar refractivity (Wildman–Crippen MR) is 210 cm³/mol. The SMILES string of the molecule is CC1(C)C(Oc2ccc(C#N)c(Cl)c2)C(C)(C)C1N1C(=O)CCC(N2Cc3cc(OC4CN(CCCc5cn(-c6ccc(C(N)=O)cn6)nn5)C4)ccc3C2=O)C1=O. The number of fused-ring (bicyclic) bond motifs is 1. The monoisotopic (exact) mass is 805 g/mol. The smallest absolute Gasteiger partial charge is 0.255 e. The minimum atomic E-state index is -0.776. The summed E-state index contributed by atoms with van der Waals surface area (Å²) in [4.78, 5) is 62.4. The van der Waals surface area contributed by atoms with Crippen LogP contribution in [-0.2, 0) is 22.6 Å². The number of imide groups is 1. The highest BCUT2D eigenvalue weighted by molar-refractivity contribution is 6.31. The van der Waals surface area contributed by atoms with Gasteiger partial charge in [0.05, 0.1) is 34.1 Å². The number of ether oxygens (including phenoxy) is 2. The molecule has 5 heterocycles. The zero-order valence-corrected chi connectivity index (χ0v) is 33.5. The number of nitriles is 1. The van der Waals surface area contributed by atoms with Gasteiger partial charge in [-0.25, -0.2) is 9.67 Å². The molecule has 0 spiro atoms. The van der Waals surface area contributed by atoms with Crippen molar-refractivity contribution >= 4 is 35.2 Å². The molecule has 0 bridgehead atoms. The second-order valence-corrected chi connectivity index (χ2v) is 17.1. The van der Waals surface area contributed by atoms with Gasteiger partial charge in [-0.15, -0.1) is 5.10 Å². The molecule has 1 aliphatic carbocycles. The maximum Gasteiger partial charge on any atom is 0.255 e. The molecule has 4 aromatic rings. The summed E-state index contributed by atoms with van der Waals surface area (Å²) in [6.45, 7) is 10.6. The molecule has 4 aliphatic rings. The van der Waals surface area contributed by atoms with Crippen LogP contribution in [0.1, 0.15) is 84.5 Å². The highest BCUT2D eigenvalue weighted by Gasteiger charge is 2.68. The third-order valence-corrected chi connectivity index (χ3v) is 12.3. The Bertz CT molecular complexity index is 2330. The van der Waals surface area contributed by atoms with Crippen LogP contribution in [0, 0.1) is 22.2 Å². The summed E-state index contributed by atoms with van der Waals surface area (Å²) >= 11 is 6.27. The van der Waals surface area contributed by atoms with Crippen LogP contribution < -0.4 is 15.2 Å². The van der Waals surface area contributed by atoms with Crippen molar-refractivity contribution in [2.24, 2.45) is 16.6 Å². The van der Waals surface area contributed by atoms with E-state index in [1.165, 1.54) is 11.1 Å². The van der Waals surface area contributed by atoms with Gasteiger partial charge in [-0.05, 0) is 73.8 Å². The van der Waals surface area contributed by atoms with Crippen LogP contribution in [0.5, 0.6) is 11.5 Å². The Morgan fingerprint density at radius 3 is 2.45 bits per heavy atom. The number of nitrogens with two attached hydrogens (primary N) is 1. The molecule has 1 saturated carbocycles. The number of aryl methyl sites for hydroxylation is 1. The van der Waals surface area contributed by atoms with Gasteiger partial charge < -0.3 is 20.1 Å². The van der Waals surface area contributed by atoms with Crippen LogP contribution in [0.25, 0.3) is 5.82 Å². The third-order valence-electron chi connectivity index (χ3n) is 12.0. The van der Waals surface area contributed by atoms with Crippen LogP contribution in [0.2, 0.25) is 5.02 Å². The number of benzene rings is 2. The lowest BCUT2D eigenvalue weighted by Crippen LogP contribution is -2.77. The number of amides is 4. The Balaban J connectivity index is 0.841. The van der Waals surface area contributed by atoms with Gasteiger partial charge >= 0.3 is 0 Å². The third kappa shape index (κ3) is 6.94. The van der Waals surface area contributed by atoms with Gasteiger partial charge in [-0.2, -0.15) is 5.26 Å². The van der Waals surface area contributed by atoms with E-state index in [1.54, 1.807) is 46.0 Å². The fourth-order valence-electron chi connectivity index (χ4n) is 9.51. The topological polar surface area (TPSA) is 190 Å². The number of carbonyl (C=O) groups is 4. The average Bonchev–Trinajstić information content (AvgIpc) is 3.78. The number of hydrogen-bond acceptors (Lipinski definition) is 11. The number of nitrogens with zero attached hydrogens (tertiary/aromatic N) is 8. The van der Waals surface area contributed by atoms with Crippen molar-refractivity contribution < 1.29 is 28.7 Å². The second-order valence-electron chi connectivity index (χ2n) is 16.7. The second kappa shape index (κ2) is 14.8.